The fourth-order valence-corrected chi connectivity index (χ4v) is 1.73. The maximum Gasteiger partial charge on any atom is 0.433 e. The van der Waals surface area contributed by atoms with Crippen molar-refractivity contribution in [2.45, 2.75) is 19.3 Å². The van der Waals surface area contributed by atoms with Gasteiger partial charge in [0.1, 0.15) is 11.3 Å². The Balaban J connectivity index is 2.74. The molecular weight excluding hydrogens is 288 g/mol. The Bertz CT molecular complexity index is 626. The van der Waals surface area contributed by atoms with Gasteiger partial charge < -0.3 is 0 Å². The summed E-state index contributed by atoms with van der Waals surface area (Å²) < 4.78 is 76.6. The highest BCUT2D eigenvalue weighted by atomic mass is 19.4. The average Bonchev–Trinajstić information content (AvgIpc) is 2.73. The zero-order chi connectivity index (χ0) is 15.1. The van der Waals surface area contributed by atoms with Gasteiger partial charge in [-0.1, -0.05) is 6.07 Å². The molecule has 0 unspecified atom stereocenters. The van der Waals surface area contributed by atoms with E-state index >= 15 is 0 Å². The first-order chi connectivity index (χ1) is 9.12. The first kappa shape index (κ1) is 14.4. The molecule has 20 heavy (non-hydrogen) atoms. The van der Waals surface area contributed by atoms with E-state index in [0.717, 1.165) is 0 Å². The normalized spacial score (nSPS) is 12.8. The summed E-state index contributed by atoms with van der Waals surface area (Å²) in [7, 11) is 0. The zero-order valence-electron chi connectivity index (χ0n) is 9.89. The number of hydrogen-bond acceptors (Lipinski definition) is 2. The standard InChI is InChI=1S/C11H7F6N3/c1-5-3-2-4-18-7(5)8-6(10(12,13)14)9(20-19-8)11(15,16)17/h2-4H,1H3,(H,19,20). The number of halogens is 6. The van der Waals surface area contributed by atoms with Crippen LogP contribution in [0, 0.1) is 6.92 Å². The fraction of sp³-hybridized carbons (Fsp3) is 0.273. The minimum atomic E-state index is -5.20. The van der Waals surface area contributed by atoms with E-state index in [2.05, 4.69) is 10.1 Å². The largest absolute Gasteiger partial charge is 0.433 e. The van der Waals surface area contributed by atoms with Gasteiger partial charge in [0.05, 0.1) is 5.69 Å². The maximum atomic E-state index is 12.9. The number of aromatic nitrogens is 3. The summed E-state index contributed by atoms with van der Waals surface area (Å²) in [5.74, 6) is 0. The molecule has 2 aromatic heterocycles. The van der Waals surface area contributed by atoms with Crippen LogP contribution >= 0.6 is 0 Å². The predicted octanol–water partition coefficient (Wildman–Crippen LogP) is 3.82. The molecule has 0 saturated heterocycles. The van der Waals surface area contributed by atoms with Gasteiger partial charge >= 0.3 is 12.4 Å². The van der Waals surface area contributed by atoms with Crippen LogP contribution in [0.15, 0.2) is 18.3 Å². The number of pyridine rings is 1. The molecule has 0 atom stereocenters. The van der Waals surface area contributed by atoms with Gasteiger partial charge in [0.25, 0.3) is 0 Å². The third kappa shape index (κ3) is 2.47. The predicted molar refractivity (Wildman–Crippen MR) is 56.6 cm³/mol. The molecule has 0 amide bonds. The second kappa shape index (κ2) is 4.50. The molecule has 0 radical (unpaired) electrons. The lowest BCUT2D eigenvalue weighted by molar-refractivity contribution is -0.163. The topological polar surface area (TPSA) is 41.6 Å². The van der Waals surface area contributed by atoms with Gasteiger partial charge in [0, 0.05) is 6.20 Å². The van der Waals surface area contributed by atoms with E-state index in [1.54, 1.807) is 0 Å². The first-order valence-electron chi connectivity index (χ1n) is 5.27. The number of rotatable bonds is 1. The van der Waals surface area contributed by atoms with Crippen molar-refractivity contribution < 1.29 is 26.3 Å². The Labute approximate surface area is 108 Å². The lowest BCUT2D eigenvalue weighted by atomic mass is 10.1. The Morgan fingerprint density at radius 1 is 1.00 bits per heavy atom. The highest BCUT2D eigenvalue weighted by Crippen LogP contribution is 2.43. The summed E-state index contributed by atoms with van der Waals surface area (Å²) in [5.41, 5.74) is -4.59. The van der Waals surface area contributed by atoms with E-state index in [-0.39, 0.29) is 5.69 Å². The molecule has 0 aliphatic carbocycles. The Morgan fingerprint density at radius 2 is 1.65 bits per heavy atom. The second-order valence-corrected chi connectivity index (χ2v) is 3.99. The van der Waals surface area contributed by atoms with Crippen molar-refractivity contribution in [3.63, 3.8) is 0 Å². The number of alkyl halides is 6. The van der Waals surface area contributed by atoms with Crippen LogP contribution < -0.4 is 0 Å². The van der Waals surface area contributed by atoms with Crippen LogP contribution in [0.1, 0.15) is 16.8 Å². The van der Waals surface area contributed by atoms with Crippen molar-refractivity contribution in [3.05, 3.63) is 35.2 Å². The maximum absolute atomic E-state index is 12.9. The van der Waals surface area contributed by atoms with Crippen LogP contribution in [0.3, 0.4) is 0 Å². The van der Waals surface area contributed by atoms with E-state index in [1.165, 1.54) is 30.4 Å². The molecule has 0 saturated carbocycles. The van der Waals surface area contributed by atoms with Crippen LogP contribution in [0.2, 0.25) is 0 Å². The third-order valence-electron chi connectivity index (χ3n) is 2.57. The van der Waals surface area contributed by atoms with Crippen molar-refractivity contribution in [2.75, 3.05) is 0 Å². The van der Waals surface area contributed by atoms with Crippen molar-refractivity contribution >= 4 is 0 Å². The summed E-state index contributed by atoms with van der Waals surface area (Å²) >= 11 is 0. The number of H-pyrrole nitrogens is 1. The molecule has 1 N–H and O–H groups in total. The molecule has 2 rings (SSSR count). The van der Waals surface area contributed by atoms with Crippen molar-refractivity contribution in [3.8, 4) is 11.4 Å². The van der Waals surface area contributed by atoms with E-state index in [0.29, 0.717) is 5.56 Å². The Morgan fingerprint density at radius 3 is 2.15 bits per heavy atom. The molecule has 3 nitrogen and oxygen atoms in total. The quantitative estimate of drug-likeness (QED) is 0.813. The summed E-state index contributed by atoms with van der Waals surface area (Å²) in [6.45, 7) is 1.43. The summed E-state index contributed by atoms with van der Waals surface area (Å²) in [4.78, 5) is 3.67. The van der Waals surface area contributed by atoms with Gasteiger partial charge in [-0.25, -0.2) is 0 Å². The van der Waals surface area contributed by atoms with Gasteiger partial charge in [0.15, 0.2) is 5.69 Å². The molecule has 9 heteroatoms. The van der Waals surface area contributed by atoms with Crippen molar-refractivity contribution in [1.29, 1.82) is 0 Å². The monoisotopic (exact) mass is 295 g/mol. The van der Waals surface area contributed by atoms with Gasteiger partial charge in [-0.3, -0.25) is 10.1 Å². The van der Waals surface area contributed by atoms with Crippen LogP contribution in [-0.4, -0.2) is 15.2 Å². The number of aromatic amines is 1. The molecule has 0 fully saturated rings. The summed E-state index contributed by atoms with van der Waals surface area (Å²) in [6, 6.07) is 2.90. The second-order valence-electron chi connectivity index (χ2n) is 3.99. The fourth-order valence-electron chi connectivity index (χ4n) is 1.73. The van der Waals surface area contributed by atoms with Crippen molar-refractivity contribution in [1.82, 2.24) is 15.2 Å². The SMILES string of the molecule is Cc1cccnc1-c1n[nH]c(C(F)(F)F)c1C(F)(F)F. The smallest absolute Gasteiger partial charge is 0.272 e. The molecule has 2 heterocycles. The average molecular weight is 295 g/mol. The lowest BCUT2D eigenvalue weighted by Crippen LogP contribution is -2.16. The number of hydrogen-bond donors (Lipinski definition) is 1. The van der Waals surface area contributed by atoms with Gasteiger partial charge in [0.2, 0.25) is 0 Å². The molecule has 0 aromatic carbocycles. The summed E-state index contributed by atoms with van der Waals surface area (Å²) in [6.07, 6.45) is -9.19. The molecule has 108 valence electrons. The molecular formula is C11H7F6N3. The van der Waals surface area contributed by atoms with Crippen LogP contribution in [0.5, 0.6) is 0 Å². The van der Waals surface area contributed by atoms with Gasteiger partial charge in [-0.2, -0.15) is 31.4 Å². The minimum Gasteiger partial charge on any atom is -0.272 e. The Kier molecular flexibility index (Phi) is 3.23. The third-order valence-corrected chi connectivity index (χ3v) is 2.57. The first-order valence-corrected chi connectivity index (χ1v) is 5.27. The zero-order valence-corrected chi connectivity index (χ0v) is 9.89. The molecule has 0 aliphatic heterocycles. The number of nitrogens with one attached hydrogen (secondary N) is 1. The van der Waals surface area contributed by atoms with Gasteiger partial charge in [-0.15, -0.1) is 0 Å². The van der Waals surface area contributed by atoms with E-state index in [4.69, 9.17) is 0 Å². The molecule has 0 spiro atoms. The van der Waals surface area contributed by atoms with Crippen LogP contribution in [0.4, 0.5) is 26.3 Å². The molecule has 0 aliphatic rings. The minimum absolute atomic E-state index is 0.244. The highest BCUT2D eigenvalue weighted by Gasteiger charge is 2.48. The molecule has 2 aromatic rings. The number of nitrogens with zero attached hydrogens (tertiary/aromatic N) is 2. The number of aryl methyl sites for hydroxylation is 1. The van der Waals surface area contributed by atoms with E-state index < -0.39 is 29.3 Å². The Hall–Kier alpha value is -2.06. The van der Waals surface area contributed by atoms with Crippen LogP contribution in [-0.2, 0) is 12.4 Å². The van der Waals surface area contributed by atoms with Crippen LogP contribution in [0.25, 0.3) is 11.4 Å². The van der Waals surface area contributed by atoms with E-state index in [1.807, 2.05) is 0 Å². The van der Waals surface area contributed by atoms with E-state index in [9.17, 15) is 26.3 Å². The van der Waals surface area contributed by atoms with Gasteiger partial charge in [-0.05, 0) is 18.6 Å². The molecule has 0 bridgehead atoms. The lowest BCUT2D eigenvalue weighted by Gasteiger charge is -2.12. The summed E-state index contributed by atoms with van der Waals surface area (Å²) in [5, 5.41) is 4.56. The highest BCUT2D eigenvalue weighted by molar-refractivity contribution is 5.64. The van der Waals surface area contributed by atoms with Crippen molar-refractivity contribution in [2.24, 2.45) is 0 Å².